The molecular formula is C14H13ClN4S. The molecule has 0 saturated carbocycles. The van der Waals surface area contributed by atoms with Crippen molar-refractivity contribution in [3.63, 3.8) is 0 Å². The fourth-order valence-electron chi connectivity index (χ4n) is 2.31. The van der Waals surface area contributed by atoms with Crippen molar-refractivity contribution in [2.75, 3.05) is 6.54 Å². The molecule has 0 bridgehead atoms. The van der Waals surface area contributed by atoms with Gasteiger partial charge >= 0.3 is 0 Å². The SMILES string of the molecule is Cc1nn(C)c2c1C(c1ccccc1Cl)=NCC(S)=N2. The first-order chi connectivity index (χ1) is 9.58. The fourth-order valence-corrected chi connectivity index (χ4v) is 2.70. The molecule has 0 unspecified atom stereocenters. The third-order valence-corrected chi connectivity index (χ3v) is 3.74. The molecule has 0 fully saturated rings. The third kappa shape index (κ3) is 2.17. The van der Waals surface area contributed by atoms with Gasteiger partial charge in [0.15, 0.2) is 5.82 Å². The Kier molecular flexibility index (Phi) is 3.40. The van der Waals surface area contributed by atoms with Crippen molar-refractivity contribution in [2.24, 2.45) is 17.0 Å². The number of halogens is 1. The first-order valence-electron chi connectivity index (χ1n) is 6.17. The van der Waals surface area contributed by atoms with Crippen molar-refractivity contribution >= 4 is 40.8 Å². The smallest absolute Gasteiger partial charge is 0.160 e. The number of thiol groups is 1. The minimum Gasteiger partial charge on any atom is -0.277 e. The van der Waals surface area contributed by atoms with E-state index in [1.165, 1.54) is 0 Å². The Morgan fingerprint density at radius 3 is 2.80 bits per heavy atom. The van der Waals surface area contributed by atoms with Crippen LogP contribution < -0.4 is 0 Å². The quantitative estimate of drug-likeness (QED) is 0.808. The van der Waals surface area contributed by atoms with Crippen molar-refractivity contribution in [3.05, 3.63) is 46.1 Å². The Morgan fingerprint density at radius 2 is 2.05 bits per heavy atom. The molecule has 0 saturated heterocycles. The number of benzene rings is 1. The van der Waals surface area contributed by atoms with E-state index in [1.807, 2.05) is 38.2 Å². The zero-order valence-corrected chi connectivity index (χ0v) is 12.8. The predicted molar refractivity (Wildman–Crippen MR) is 86.0 cm³/mol. The van der Waals surface area contributed by atoms with E-state index in [-0.39, 0.29) is 0 Å². The standard InChI is InChI=1S/C14H13ClN4S/c1-8-12-13(9-5-3-4-6-10(9)15)16-7-11(20)17-14(12)19(2)18-8/h3-6H,7H2,1-2H3,(H,17,20). The summed E-state index contributed by atoms with van der Waals surface area (Å²) in [6.45, 7) is 2.39. The normalized spacial score (nSPS) is 14.4. The second kappa shape index (κ2) is 5.07. The molecule has 1 aromatic heterocycles. The molecule has 0 radical (unpaired) electrons. The summed E-state index contributed by atoms with van der Waals surface area (Å²) in [6.07, 6.45) is 0. The van der Waals surface area contributed by atoms with Crippen molar-refractivity contribution in [1.29, 1.82) is 0 Å². The molecular weight excluding hydrogens is 292 g/mol. The van der Waals surface area contributed by atoms with E-state index in [4.69, 9.17) is 11.6 Å². The van der Waals surface area contributed by atoms with E-state index < -0.39 is 0 Å². The van der Waals surface area contributed by atoms with Crippen LogP contribution in [-0.4, -0.2) is 27.1 Å². The maximum Gasteiger partial charge on any atom is 0.160 e. The van der Waals surface area contributed by atoms with Crippen molar-refractivity contribution < 1.29 is 0 Å². The minimum absolute atomic E-state index is 0.442. The Morgan fingerprint density at radius 1 is 1.30 bits per heavy atom. The number of nitrogens with zero attached hydrogens (tertiary/aromatic N) is 4. The van der Waals surface area contributed by atoms with E-state index in [9.17, 15) is 0 Å². The van der Waals surface area contributed by atoms with Crippen molar-refractivity contribution in [2.45, 2.75) is 6.92 Å². The highest BCUT2D eigenvalue weighted by atomic mass is 35.5. The lowest BCUT2D eigenvalue weighted by molar-refractivity contribution is 0.759. The van der Waals surface area contributed by atoms with Crippen molar-refractivity contribution in [1.82, 2.24) is 9.78 Å². The zero-order chi connectivity index (χ0) is 14.3. The second-order valence-corrected chi connectivity index (χ2v) is 5.50. The number of rotatable bonds is 1. The van der Waals surface area contributed by atoms with Gasteiger partial charge in [-0.1, -0.05) is 29.8 Å². The van der Waals surface area contributed by atoms with Crippen LogP contribution in [0.5, 0.6) is 0 Å². The van der Waals surface area contributed by atoms with Crippen LogP contribution in [-0.2, 0) is 7.05 Å². The van der Waals surface area contributed by atoms with E-state index in [0.717, 1.165) is 28.4 Å². The molecule has 2 heterocycles. The van der Waals surface area contributed by atoms with Gasteiger partial charge in [-0.15, -0.1) is 12.6 Å². The number of aromatic nitrogens is 2. The molecule has 6 heteroatoms. The van der Waals surface area contributed by atoms with E-state index in [1.54, 1.807) is 4.68 Å². The van der Waals surface area contributed by atoms with E-state index in [2.05, 4.69) is 27.7 Å². The largest absolute Gasteiger partial charge is 0.277 e. The summed E-state index contributed by atoms with van der Waals surface area (Å²) in [5.74, 6) is 0.767. The molecule has 0 N–H and O–H groups in total. The summed E-state index contributed by atoms with van der Waals surface area (Å²) >= 11 is 10.7. The molecule has 0 amide bonds. The second-order valence-electron chi connectivity index (χ2n) is 4.58. The van der Waals surface area contributed by atoms with Crippen LogP contribution >= 0.6 is 24.2 Å². The number of fused-ring (bicyclic) bond motifs is 1. The Bertz CT molecular complexity index is 746. The fraction of sp³-hybridized carbons (Fsp3) is 0.214. The third-order valence-electron chi connectivity index (χ3n) is 3.17. The lowest BCUT2D eigenvalue weighted by atomic mass is 10.0. The van der Waals surface area contributed by atoms with Gasteiger partial charge in [-0.2, -0.15) is 5.10 Å². The Hall–Kier alpha value is -1.59. The van der Waals surface area contributed by atoms with Crippen LogP contribution in [0.3, 0.4) is 0 Å². The first kappa shape index (κ1) is 13.4. The summed E-state index contributed by atoms with van der Waals surface area (Å²) in [5, 5.41) is 5.76. The molecule has 4 nitrogen and oxygen atoms in total. The number of hydrogen-bond acceptors (Lipinski definition) is 3. The summed E-state index contributed by atoms with van der Waals surface area (Å²) in [4.78, 5) is 9.11. The molecule has 0 atom stereocenters. The molecule has 1 aliphatic rings. The van der Waals surface area contributed by atoms with Gasteiger partial charge in [0.05, 0.1) is 28.6 Å². The molecule has 1 aromatic carbocycles. The molecule has 20 heavy (non-hydrogen) atoms. The molecule has 1 aliphatic heterocycles. The van der Waals surface area contributed by atoms with Gasteiger partial charge in [0.1, 0.15) is 0 Å². The van der Waals surface area contributed by atoms with Crippen LogP contribution in [0.2, 0.25) is 5.02 Å². The van der Waals surface area contributed by atoms with E-state index >= 15 is 0 Å². The highest BCUT2D eigenvalue weighted by Gasteiger charge is 2.23. The van der Waals surface area contributed by atoms with Crippen LogP contribution in [0.15, 0.2) is 34.3 Å². The summed E-state index contributed by atoms with van der Waals surface area (Å²) in [6, 6.07) is 7.67. The average Bonchev–Trinajstić information content (AvgIpc) is 2.60. The summed E-state index contributed by atoms with van der Waals surface area (Å²) in [5.41, 5.74) is 3.52. The van der Waals surface area contributed by atoms with Crippen LogP contribution in [0.4, 0.5) is 5.82 Å². The van der Waals surface area contributed by atoms with Gasteiger partial charge in [0, 0.05) is 17.6 Å². The lowest BCUT2D eigenvalue weighted by Crippen LogP contribution is -2.06. The number of aryl methyl sites for hydroxylation is 2. The Balaban J connectivity index is 2.28. The maximum absolute atomic E-state index is 6.31. The topological polar surface area (TPSA) is 42.5 Å². The number of aliphatic imine (C=N–C) groups is 2. The Labute approximate surface area is 127 Å². The van der Waals surface area contributed by atoms with Crippen LogP contribution in [0.25, 0.3) is 0 Å². The van der Waals surface area contributed by atoms with Gasteiger partial charge in [-0.25, -0.2) is 4.99 Å². The first-order valence-corrected chi connectivity index (χ1v) is 7.00. The summed E-state index contributed by atoms with van der Waals surface area (Å²) < 4.78 is 1.75. The molecule has 0 aliphatic carbocycles. The van der Waals surface area contributed by atoms with Crippen molar-refractivity contribution in [3.8, 4) is 0 Å². The van der Waals surface area contributed by atoms with Gasteiger partial charge in [-0.3, -0.25) is 9.67 Å². The van der Waals surface area contributed by atoms with Crippen LogP contribution in [0, 0.1) is 6.92 Å². The molecule has 3 rings (SSSR count). The number of hydrogen-bond donors (Lipinski definition) is 1. The van der Waals surface area contributed by atoms with E-state index in [0.29, 0.717) is 16.6 Å². The zero-order valence-electron chi connectivity index (χ0n) is 11.1. The lowest BCUT2D eigenvalue weighted by Gasteiger charge is -2.07. The molecule has 2 aromatic rings. The average molecular weight is 305 g/mol. The van der Waals surface area contributed by atoms with Gasteiger partial charge in [0.2, 0.25) is 0 Å². The summed E-state index contributed by atoms with van der Waals surface area (Å²) in [7, 11) is 1.87. The predicted octanol–water partition coefficient (Wildman–Crippen LogP) is 3.19. The molecule has 0 spiro atoms. The molecule has 102 valence electrons. The van der Waals surface area contributed by atoms with Gasteiger partial charge in [0.25, 0.3) is 0 Å². The highest BCUT2D eigenvalue weighted by Crippen LogP contribution is 2.30. The maximum atomic E-state index is 6.31. The minimum atomic E-state index is 0.442. The van der Waals surface area contributed by atoms with Crippen LogP contribution in [0.1, 0.15) is 16.8 Å². The highest BCUT2D eigenvalue weighted by molar-refractivity contribution is 7.97. The van der Waals surface area contributed by atoms with Gasteiger partial charge in [-0.05, 0) is 13.0 Å². The monoisotopic (exact) mass is 304 g/mol. The van der Waals surface area contributed by atoms with Gasteiger partial charge < -0.3 is 0 Å².